The van der Waals surface area contributed by atoms with Crippen molar-refractivity contribution in [3.05, 3.63) is 36.0 Å². The zero-order chi connectivity index (χ0) is 17.1. The number of benzene rings is 1. The van der Waals surface area contributed by atoms with Gasteiger partial charge in [-0.25, -0.2) is 9.99 Å². The van der Waals surface area contributed by atoms with Gasteiger partial charge in [0, 0.05) is 12.8 Å². The number of nitrogens with one attached hydrogen (secondary N) is 1. The molecule has 1 aliphatic rings. The topological polar surface area (TPSA) is 74.7 Å². The molecular formula is C16H16N4O2S2. The molecule has 0 radical (unpaired) electrons. The summed E-state index contributed by atoms with van der Waals surface area (Å²) in [6.07, 6.45) is 2.56. The second-order valence-electron chi connectivity index (χ2n) is 5.14. The second-order valence-corrected chi connectivity index (χ2v) is 7.21. The van der Waals surface area contributed by atoms with Gasteiger partial charge in [-0.1, -0.05) is 29.5 Å². The molecule has 6 nitrogen and oxygen atoms in total. The van der Waals surface area contributed by atoms with Crippen molar-refractivity contribution in [3.8, 4) is 0 Å². The number of aromatic nitrogens is 1. The molecule has 3 rings (SSSR count). The summed E-state index contributed by atoms with van der Waals surface area (Å²) in [5, 5.41) is 8.86. The normalized spacial score (nSPS) is 14.5. The van der Waals surface area contributed by atoms with Crippen LogP contribution in [0, 0.1) is 6.92 Å². The third kappa shape index (κ3) is 3.49. The molecule has 0 atom stereocenters. The Balaban J connectivity index is 1.79. The standard InChI is InChI=1S/C16H16N4O2S2/c1-10-15(23-2)24-16(17-10)18-14(22)12-8-9-13(21)20(19-12)11-6-4-3-5-7-11/h3-7H,8-9H2,1-2H3,(H,17,18,22). The molecule has 0 bridgehead atoms. The number of amides is 2. The highest BCUT2D eigenvalue weighted by atomic mass is 32.2. The molecule has 0 unspecified atom stereocenters. The van der Waals surface area contributed by atoms with E-state index in [-0.39, 0.29) is 18.2 Å². The van der Waals surface area contributed by atoms with Gasteiger partial charge in [-0.2, -0.15) is 5.10 Å². The molecule has 2 heterocycles. The molecule has 1 aromatic heterocycles. The first-order valence-electron chi connectivity index (χ1n) is 7.36. The molecule has 8 heteroatoms. The van der Waals surface area contributed by atoms with E-state index in [4.69, 9.17) is 0 Å². The SMILES string of the molecule is CSc1sc(NC(=O)C2=NN(c3ccccc3)C(=O)CC2)nc1C. The molecule has 1 aromatic carbocycles. The van der Waals surface area contributed by atoms with Crippen LogP contribution in [0.5, 0.6) is 0 Å². The van der Waals surface area contributed by atoms with Crippen LogP contribution < -0.4 is 10.3 Å². The Morgan fingerprint density at radius 3 is 2.71 bits per heavy atom. The van der Waals surface area contributed by atoms with Gasteiger partial charge in [0.15, 0.2) is 5.13 Å². The smallest absolute Gasteiger partial charge is 0.273 e. The van der Waals surface area contributed by atoms with E-state index < -0.39 is 0 Å². The number of hydrogen-bond donors (Lipinski definition) is 1. The van der Waals surface area contributed by atoms with Crippen molar-refractivity contribution < 1.29 is 9.59 Å². The van der Waals surface area contributed by atoms with Gasteiger partial charge in [0.05, 0.1) is 15.6 Å². The molecule has 2 amide bonds. The van der Waals surface area contributed by atoms with Crippen LogP contribution in [-0.4, -0.2) is 28.8 Å². The predicted molar refractivity (Wildman–Crippen MR) is 97.9 cm³/mol. The predicted octanol–water partition coefficient (Wildman–Crippen LogP) is 3.29. The summed E-state index contributed by atoms with van der Waals surface area (Å²) in [4.78, 5) is 28.9. The Hall–Kier alpha value is -2.19. The summed E-state index contributed by atoms with van der Waals surface area (Å²) >= 11 is 3.03. The van der Waals surface area contributed by atoms with Gasteiger partial charge in [0.2, 0.25) is 5.91 Å². The van der Waals surface area contributed by atoms with Crippen molar-refractivity contribution in [2.75, 3.05) is 16.6 Å². The highest BCUT2D eigenvalue weighted by Gasteiger charge is 2.26. The quantitative estimate of drug-likeness (QED) is 0.849. The third-order valence-corrected chi connectivity index (χ3v) is 5.74. The van der Waals surface area contributed by atoms with Crippen LogP contribution in [0.2, 0.25) is 0 Å². The second kappa shape index (κ2) is 7.14. The lowest BCUT2D eigenvalue weighted by Crippen LogP contribution is -2.36. The number of hydrazone groups is 1. The van der Waals surface area contributed by atoms with Crippen LogP contribution in [-0.2, 0) is 9.59 Å². The van der Waals surface area contributed by atoms with Gasteiger partial charge in [0.1, 0.15) is 5.71 Å². The number of thioether (sulfide) groups is 1. The van der Waals surface area contributed by atoms with Crippen molar-refractivity contribution >= 4 is 51.4 Å². The fraction of sp³-hybridized carbons (Fsp3) is 0.250. The summed E-state index contributed by atoms with van der Waals surface area (Å²) in [7, 11) is 0. The minimum absolute atomic E-state index is 0.118. The maximum Gasteiger partial charge on any atom is 0.273 e. The van der Waals surface area contributed by atoms with Gasteiger partial charge in [0.25, 0.3) is 5.91 Å². The molecule has 24 heavy (non-hydrogen) atoms. The maximum atomic E-state index is 12.4. The van der Waals surface area contributed by atoms with Crippen molar-refractivity contribution in [3.63, 3.8) is 0 Å². The Morgan fingerprint density at radius 1 is 1.29 bits per heavy atom. The number of nitrogens with zero attached hydrogens (tertiary/aromatic N) is 3. The number of aryl methyl sites for hydroxylation is 1. The fourth-order valence-electron chi connectivity index (χ4n) is 2.28. The van der Waals surface area contributed by atoms with Crippen LogP contribution >= 0.6 is 23.1 Å². The zero-order valence-electron chi connectivity index (χ0n) is 13.3. The lowest BCUT2D eigenvalue weighted by molar-refractivity contribution is -0.118. The summed E-state index contributed by atoms with van der Waals surface area (Å²) in [6.45, 7) is 1.91. The Bertz CT molecular complexity index is 802. The summed E-state index contributed by atoms with van der Waals surface area (Å²) < 4.78 is 1.07. The average molecular weight is 360 g/mol. The number of thiazole rings is 1. The summed E-state index contributed by atoms with van der Waals surface area (Å²) in [5.41, 5.74) is 1.88. The number of anilines is 2. The molecule has 2 aromatic rings. The first-order chi connectivity index (χ1) is 11.6. The molecule has 0 fully saturated rings. The van der Waals surface area contributed by atoms with E-state index >= 15 is 0 Å². The third-order valence-electron chi connectivity index (χ3n) is 3.46. The largest absolute Gasteiger partial charge is 0.297 e. The Labute approximate surface area is 148 Å². The lowest BCUT2D eigenvalue weighted by Gasteiger charge is -2.22. The molecule has 0 saturated carbocycles. The monoisotopic (exact) mass is 360 g/mol. The van der Waals surface area contributed by atoms with Crippen molar-refractivity contribution in [1.82, 2.24) is 4.98 Å². The Kier molecular flexibility index (Phi) is 4.96. The number of para-hydroxylation sites is 1. The minimum atomic E-state index is -0.315. The van der Waals surface area contributed by atoms with Crippen molar-refractivity contribution in [2.45, 2.75) is 24.0 Å². The maximum absolute atomic E-state index is 12.4. The molecule has 0 saturated heterocycles. The number of carbonyl (C=O) groups excluding carboxylic acids is 2. The molecule has 1 N–H and O–H groups in total. The number of hydrogen-bond acceptors (Lipinski definition) is 6. The van der Waals surface area contributed by atoms with Gasteiger partial charge in [-0.15, -0.1) is 11.8 Å². The molecule has 0 spiro atoms. The lowest BCUT2D eigenvalue weighted by atomic mass is 10.1. The first-order valence-corrected chi connectivity index (χ1v) is 9.41. The van der Waals surface area contributed by atoms with E-state index in [0.717, 1.165) is 9.90 Å². The molecule has 124 valence electrons. The molecule has 1 aliphatic heterocycles. The summed E-state index contributed by atoms with van der Waals surface area (Å²) in [5.74, 6) is -0.433. The van der Waals surface area contributed by atoms with Crippen LogP contribution in [0.15, 0.2) is 39.6 Å². The Morgan fingerprint density at radius 2 is 2.04 bits per heavy atom. The fourth-order valence-corrected chi connectivity index (χ4v) is 3.89. The molecule has 0 aliphatic carbocycles. The van der Waals surface area contributed by atoms with E-state index in [2.05, 4.69) is 15.4 Å². The van der Waals surface area contributed by atoms with E-state index in [1.807, 2.05) is 31.4 Å². The van der Waals surface area contributed by atoms with E-state index in [1.165, 1.54) is 16.3 Å². The van der Waals surface area contributed by atoms with Gasteiger partial charge >= 0.3 is 0 Å². The van der Waals surface area contributed by atoms with Gasteiger partial charge in [-0.3, -0.25) is 14.9 Å². The van der Waals surface area contributed by atoms with E-state index in [9.17, 15) is 9.59 Å². The van der Waals surface area contributed by atoms with Gasteiger partial charge in [-0.05, 0) is 25.3 Å². The highest BCUT2D eigenvalue weighted by molar-refractivity contribution is 8.00. The first kappa shape index (κ1) is 16.7. The van der Waals surface area contributed by atoms with Crippen LogP contribution in [0.3, 0.4) is 0 Å². The van der Waals surface area contributed by atoms with E-state index in [1.54, 1.807) is 23.9 Å². The van der Waals surface area contributed by atoms with E-state index in [0.29, 0.717) is 23.0 Å². The highest BCUT2D eigenvalue weighted by Crippen LogP contribution is 2.30. The molecular weight excluding hydrogens is 344 g/mol. The van der Waals surface area contributed by atoms with Crippen molar-refractivity contribution in [1.29, 1.82) is 0 Å². The number of rotatable bonds is 4. The number of carbonyl (C=O) groups is 2. The minimum Gasteiger partial charge on any atom is -0.297 e. The van der Waals surface area contributed by atoms with Crippen LogP contribution in [0.4, 0.5) is 10.8 Å². The summed E-state index contributed by atoms with van der Waals surface area (Å²) in [6, 6.07) is 9.10. The average Bonchev–Trinajstić information content (AvgIpc) is 2.95. The van der Waals surface area contributed by atoms with Crippen molar-refractivity contribution in [2.24, 2.45) is 5.10 Å². The van der Waals surface area contributed by atoms with Crippen LogP contribution in [0.25, 0.3) is 0 Å². The van der Waals surface area contributed by atoms with Crippen LogP contribution in [0.1, 0.15) is 18.5 Å². The zero-order valence-corrected chi connectivity index (χ0v) is 14.9. The van der Waals surface area contributed by atoms with Gasteiger partial charge < -0.3 is 0 Å².